The Balaban J connectivity index is 1.73. The van der Waals surface area contributed by atoms with Gasteiger partial charge in [0.25, 0.3) is 11.5 Å². The van der Waals surface area contributed by atoms with E-state index < -0.39 is 5.91 Å². The van der Waals surface area contributed by atoms with E-state index in [0.717, 1.165) is 16.3 Å². The molecule has 0 unspecified atom stereocenters. The fourth-order valence-electron chi connectivity index (χ4n) is 1.88. The van der Waals surface area contributed by atoms with Gasteiger partial charge >= 0.3 is 0 Å². The largest absolute Gasteiger partial charge is 0.346 e. The molecule has 3 aromatic rings. The number of hydrogen-bond acceptors (Lipinski definition) is 4. The SMILES string of the molecule is Cc1ccc(C(=O)NCc2cn3ccsc3n2)c(=O)[nH]1. The second kappa shape index (κ2) is 4.93. The number of nitrogens with one attached hydrogen (secondary N) is 2. The molecule has 0 atom stereocenters. The highest BCUT2D eigenvalue weighted by molar-refractivity contribution is 7.15. The molecular formula is C13H12N4O2S. The molecule has 0 spiro atoms. The maximum absolute atomic E-state index is 11.9. The molecule has 6 nitrogen and oxygen atoms in total. The number of imidazole rings is 1. The Bertz CT molecular complexity index is 802. The quantitative estimate of drug-likeness (QED) is 0.763. The van der Waals surface area contributed by atoms with Crippen molar-refractivity contribution >= 4 is 22.2 Å². The number of aromatic nitrogens is 3. The molecule has 3 rings (SSSR count). The number of H-pyrrole nitrogens is 1. The molecule has 2 N–H and O–H groups in total. The van der Waals surface area contributed by atoms with Crippen molar-refractivity contribution in [3.05, 3.63) is 57.2 Å². The second-order valence-corrected chi connectivity index (χ2v) is 5.26. The summed E-state index contributed by atoms with van der Waals surface area (Å²) >= 11 is 1.53. The summed E-state index contributed by atoms with van der Waals surface area (Å²) in [6.45, 7) is 2.06. The van der Waals surface area contributed by atoms with E-state index in [0.29, 0.717) is 6.54 Å². The molecule has 0 radical (unpaired) electrons. The first-order chi connectivity index (χ1) is 9.63. The Morgan fingerprint density at radius 1 is 1.50 bits per heavy atom. The van der Waals surface area contributed by atoms with Gasteiger partial charge in [0.2, 0.25) is 0 Å². The lowest BCUT2D eigenvalue weighted by Crippen LogP contribution is -2.29. The summed E-state index contributed by atoms with van der Waals surface area (Å²) < 4.78 is 1.89. The lowest BCUT2D eigenvalue weighted by atomic mass is 10.2. The Morgan fingerprint density at radius 3 is 3.10 bits per heavy atom. The summed E-state index contributed by atoms with van der Waals surface area (Å²) in [6.07, 6.45) is 3.76. The first-order valence-electron chi connectivity index (χ1n) is 6.03. The molecule has 0 aliphatic heterocycles. The number of carbonyl (C=O) groups is 1. The predicted molar refractivity (Wildman–Crippen MR) is 76.0 cm³/mol. The molecule has 0 saturated carbocycles. The Hall–Kier alpha value is -2.41. The van der Waals surface area contributed by atoms with E-state index in [-0.39, 0.29) is 11.1 Å². The van der Waals surface area contributed by atoms with Crippen LogP contribution >= 0.6 is 11.3 Å². The number of aromatic amines is 1. The summed E-state index contributed by atoms with van der Waals surface area (Å²) in [7, 11) is 0. The summed E-state index contributed by atoms with van der Waals surface area (Å²) in [5.74, 6) is -0.400. The number of nitrogens with zero attached hydrogens (tertiary/aromatic N) is 2. The van der Waals surface area contributed by atoms with Gasteiger partial charge in [-0.2, -0.15) is 0 Å². The second-order valence-electron chi connectivity index (χ2n) is 4.39. The number of fused-ring (bicyclic) bond motifs is 1. The minimum Gasteiger partial charge on any atom is -0.346 e. The molecule has 20 heavy (non-hydrogen) atoms. The topological polar surface area (TPSA) is 79.3 Å². The molecular weight excluding hydrogens is 276 g/mol. The van der Waals surface area contributed by atoms with Crippen molar-refractivity contribution in [1.82, 2.24) is 19.7 Å². The lowest BCUT2D eigenvalue weighted by Gasteiger charge is -2.02. The lowest BCUT2D eigenvalue weighted by molar-refractivity contribution is 0.0949. The third kappa shape index (κ3) is 2.35. The highest BCUT2D eigenvalue weighted by Gasteiger charge is 2.11. The minimum atomic E-state index is -0.400. The van der Waals surface area contributed by atoms with Crippen molar-refractivity contribution < 1.29 is 4.79 Å². The molecule has 3 aromatic heterocycles. The van der Waals surface area contributed by atoms with Crippen LogP contribution in [0.15, 0.2) is 34.7 Å². The van der Waals surface area contributed by atoms with E-state index in [2.05, 4.69) is 15.3 Å². The zero-order valence-electron chi connectivity index (χ0n) is 10.7. The fraction of sp³-hybridized carbons (Fsp3) is 0.154. The zero-order valence-corrected chi connectivity index (χ0v) is 11.5. The fourth-order valence-corrected chi connectivity index (χ4v) is 2.60. The number of aryl methyl sites for hydroxylation is 1. The molecule has 0 saturated heterocycles. The maximum Gasteiger partial charge on any atom is 0.260 e. The van der Waals surface area contributed by atoms with E-state index in [4.69, 9.17) is 0 Å². The Kier molecular flexibility index (Phi) is 3.11. The summed E-state index contributed by atoms with van der Waals surface area (Å²) in [6, 6.07) is 3.22. The van der Waals surface area contributed by atoms with Gasteiger partial charge in [-0.05, 0) is 19.1 Å². The normalized spacial score (nSPS) is 10.8. The van der Waals surface area contributed by atoms with Crippen molar-refractivity contribution in [3.63, 3.8) is 0 Å². The van der Waals surface area contributed by atoms with Gasteiger partial charge < -0.3 is 10.3 Å². The summed E-state index contributed by atoms with van der Waals surface area (Å²) in [4.78, 5) is 31.4. The molecule has 102 valence electrons. The highest BCUT2D eigenvalue weighted by Crippen LogP contribution is 2.11. The molecule has 7 heteroatoms. The van der Waals surface area contributed by atoms with Crippen LogP contribution in [0.2, 0.25) is 0 Å². The number of rotatable bonds is 3. The average molecular weight is 288 g/mol. The number of carbonyl (C=O) groups excluding carboxylic acids is 1. The van der Waals surface area contributed by atoms with Crippen LogP contribution in [0.25, 0.3) is 4.96 Å². The van der Waals surface area contributed by atoms with Gasteiger partial charge in [-0.1, -0.05) is 0 Å². The van der Waals surface area contributed by atoms with E-state index in [1.54, 1.807) is 13.0 Å². The highest BCUT2D eigenvalue weighted by atomic mass is 32.1. The van der Waals surface area contributed by atoms with Gasteiger partial charge in [0.05, 0.1) is 12.2 Å². The predicted octanol–water partition coefficient (Wildman–Crippen LogP) is 1.32. The van der Waals surface area contributed by atoms with Crippen molar-refractivity contribution in [1.29, 1.82) is 0 Å². The van der Waals surface area contributed by atoms with Crippen LogP contribution in [0.4, 0.5) is 0 Å². The first kappa shape index (κ1) is 12.6. The van der Waals surface area contributed by atoms with Crippen LogP contribution in [0.3, 0.4) is 0 Å². The van der Waals surface area contributed by atoms with Crippen LogP contribution < -0.4 is 10.9 Å². The van der Waals surface area contributed by atoms with Crippen molar-refractivity contribution in [2.75, 3.05) is 0 Å². The zero-order chi connectivity index (χ0) is 14.1. The molecule has 3 heterocycles. The van der Waals surface area contributed by atoms with Crippen molar-refractivity contribution in [2.45, 2.75) is 13.5 Å². The van der Waals surface area contributed by atoms with Crippen molar-refractivity contribution in [2.24, 2.45) is 0 Å². The van der Waals surface area contributed by atoms with E-state index in [1.807, 2.05) is 22.2 Å². The molecule has 0 aromatic carbocycles. The summed E-state index contributed by atoms with van der Waals surface area (Å²) in [5.41, 5.74) is 1.21. The van der Waals surface area contributed by atoms with Gasteiger partial charge in [0, 0.05) is 23.5 Å². The molecule has 0 bridgehead atoms. The van der Waals surface area contributed by atoms with Gasteiger partial charge in [-0.25, -0.2) is 4.98 Å². The van der Waals surface area contributed by atoms with Crippen LogP contribution in [0, 0.1) is 6.92 Å². The third-order valence-corrected chi connectivity index (χ3v) is 3.64. The Labute approximate surface area is 118 Å². The van der Waals surface area contributed by atoms with Crippen molar-refractivity contribution in [3.8, 4) is 0 Å². The molecule has 0 aliphatic rings. The molecule has 1 amide bonds. The van der Waals surface area contributed by atoms with Gasteiger partial charge in [0.1, 0.15) is 5.56 Å². The molecule has 0 fully saturated rings. The number of hydrogen-bond donors (Lipinski definition) is 2. The van der Waals surface area contributed by atoms with E-state index in [1.165, 1.54) is 17.4 Å². The first-order valence-corrected chi connectivity index (χ1v) is 6.90. The number of thiazole rings is 1. The maximum atomic E-state index is 11.9. The third-order valence-electron chi connectivity index (χ3n) is 2.87. The van der Waals surface area contributed by atoms with E-state index >= 15 is 0 Å². The van der Waals surface area contributed by atoms with Gasteiger partial charge in [0.15, 0.2) is 4.96 Å². The van der Waals surface area contributed by atoms with Crippen LogP contribution in [-0.2, 0) is 6.54 Å². The minimum absolute atomic E-state index is 0.108. The van der Waals surface area contributed by atoms with Gasteiger partial charge in [-0.3, -0.25) is 14.0 Å². The van der Waals surface area contributed by atoms with Gasteiger partial charge in [-0.15, -0.1) is 11.3 Å². The number of amides is 1. The Morgan fingerprint density at radius 2 is 2.35 bits per heavy atom. The smallest absolute Gasteiger partial charge is 0.260 e. The average Bonchev–Trinajstić information content (AvgIpc) is 2.96. The van der Waals surface area contributed by atoms with E-state index in [9.17, 15) is 9.59 Å². The number of pyridine rings is 1. The molecule has 0 aliphatic carbocycles. The van der Waals surface area contributed by atoms with Crippen LogP contribution in [0.1, 0.15) is 21.7 Å². The standard InChI is InChI=1S/C13H12N4O2S/c1-8-2-3-10(12(19)15-8)11(18)14-6-9-7-17-4-5-20-13(17)16-9/h2-5,7H,6H2,1H3,(H,14,18)(H,15,19). The van der Waals surface area contributed by atoms with Crippen LogP contribution in [0.5, 0.6) is 0 Å². The summed E-state index contributed by atoms with van der Waals surface area (Å²) in [5, 5.41) is 4.64. The van der Waals surface area contributed by atoms with Crippen LogP contribution in [-0.4, -0.2) is 20.3 Å². The monoisotopic (exact) mass is 288 g/mol.